The van der Waals surface area contributed by atoms with Crippen molar-refractivity contribution < 1.29 is 19.0 Å². The van der Waals surface area contributed by atoms with Crippen molar-refractivity contribution >= 4 is 5.71 Å². The average molecular weight is 233 g/mol. The van der Waals surface area contributed by atoms with E-state index in [1.54, 1.807) is 0 Å². The fourth-order valence-electron chi connectivity index (χ4n) is 2.40. The van der Waals surface area contributed by atoms with E-state index in [4.69, 9.17) is 19.0 Å². The van der Waals surface area contributed by atoms with E-state index in [0.717, 1.165) is 22.8 Å². The molecule has 1 saturated heterocycles. The summed E-state index contributed by atoms with van der Waals surface area (Å²) in [4.78, 5) is 5.11. The first kappa shape index (κ1) is 9.30. The van der Waals surface area contributed by atoms with Crippen molar-refractivity contribution in [1.82, 2.24) is 0 Å². The maximum atomic E-state index is 5.76. The highest BCUT2D eigenvalue weighted by molar-refractivity contribution is 5.94. The van der Waals surface area contributed by atoms with Crippen LogP contribution in [0.25, 0.3) is 0 Å². The molecule has 4 rings (SSSR count). The molecule has 1 fully saturated rings. The summed E-state index contributed by atoms with van der Waals surface area (Å²) in [6, 6.07) is 5.85. The van der Waals surface area contributed by atoms with Gasteiger partial charge in [0.05, 0.1) is 18.2 Å². The van der Waals surface area contributed by atoms with Crippen LogP contribution in [0.15, 0.2) is 23.4 Å². The van der Waals surface area contributed by atoms with Gasteiger partial charge in [-0.2, -0.15) is 0 Å². The maximum Gasteiger partial charge on any atom is 0.231 e. The van der Waals surface area contributed by atoms with Crippen LogP contribution < -0.4 is 9.47 Å². The zero-order chi connectivity index (χ0) is 11.2. The summed E-state index contributed by atoms with van der Waals surface area (Å²) in [5, 5.41) is 4.07. The molecule has 17 heavy (non-hydrogen) atoms. The van der Waals surface area contributed by atoms with Crippen LogP contribution >= 0.6 is 0 Å². The van der Waals surface area contributed by atoms with Crippen LogP contribution in [0.5, 0.6) is 11.5 Å². The Morgan fingerprint density at radius 1 is 1.12 bits per heavy atom. The van der Waals surface area contributed by atoms with Crippen molar-refractivity contribution in [2.45, 2.75) is 6.10 Å². The molecule has 3 aliphatic rings. The highest BCUT2D eigenvalue weighted by atomic mass is 16.7. The lowest BCUT2D eigenvalue weighted by Crippen LogP contribution is -2.12. The number of ether oxygens (including phenoxy) is 3. The molecule has 0 N–H and O–H groups in total. The number of hydrogen-bond acceptors (Lipinski definition) is 5. The first-order valence-electron chi connectivity index (χ1n) is 5.63. The van der Waals surface area contributed by atoms with Gasteiger partial charge in [0.1, 0.15) is 12.7 Å². The third kappa shape index (κ3) is 1.32. The Bertz CT molecular complexity index is 499. The lowest BCUT2D eigenvalue weighted by Gasteiger charge is -2.10. The number of benzene rings is 1. The summed E-state index contributed by atoms with van der Waals surface area (Å²) in [5.74, 6) is 1.87. The van der Waals surface area contributed by atoms with Crippen LogP contribution in [0.4, 0.5) is 0 Å². The van der Waals surface area contributed by atoms with Gasteiger partial charge in [-0.1, -0.05) is 11.2 Å². The molecule has 0 radical (unpaired) electrons. The van der Waals surface area contributed by atoms with Gasteiger partial charge in [0.25, 0.3) is 0 Å². The Morgan fingerprint density at radius 3 is 3.06 bits per heavy atom. The Kier molecular flexibility index (Phi) is 1.84. The second-order valence-electron chi connectivity index (χ2n) is 4.33. The summed E-state index contributed by atoms with van der Waals surface area (Å²) in [6.45, 7) is 1.60. The van der Waals surface area contributed by atoms with Crippen LogP contribution in [0.2, 0.25) is 0 Å². The van der Waals surface area contributed by atoms with Gasteiger partial charge in [-0.15, -0.1) is 0 Å². The van der Waals surface area contributed by atoms with Crippen molar-refractivity contribution in [3.63, 3.8) is 0 Å². The Hall–Kier alpha value is -1.75. The molecular formula is C12H11NO4. The fraction of sp³-hybridized carbons (Fsp3) is 0.417. The second-order valence-corrected chi connectivity index (χ2v) is 4.33. The van der Waals surface area contributed by atoms with Crippen LogP contribution in [-0.2, 0) is 9.57 Å². The SMILES string of the molecule is c1cc2c(cc1[C@@H]1OC[C@H]3CON=C31)OCO2. The molecule has 0 aliphatic carbocycles. The van der Waals surface area contributed by atoms with Crippen LogP contribution in [0.3, 0.4) is 0 Å². The van der Waals surface area contributed by atoms with Gasteiger partial charge < -0.3 is 19.0 Å². The molecule has 3 aliphatic heterocycles. The summed E-state index contributed by atoms with van der Waals surface area (Å²) in [5.41, 5.74) is 2.03. The van der Waals surface area contributed by atoms with Gasteiger partial charge >= 0.3 is 0 Å². The molecule has 0 aromatic heterocycles. The monoisotopic (exact) mass is 233 g/mol. The molecule has 0 spiro atoms. The Morgan fingerprint density at radius 2 is 2.06 bits per heavy atom. The predicted octanol–water partition coefficient (Wildman–Crippen LogP) is 1.49. The maximum absolute atomic E-state index is 5.76. The van der Waals surface area contributed by atoms with Crippen molar-refractivity contribution in [3.05, 3.63) is 23.8 Å². The number of fused-ring (bicyclic) bond motifs is 2. The van der Waals surface area contributed by atoms with Crippen molar-refractivity contribution in [2.24, 2.45) is 11.1 Å². The van der Waals surface area contributed by atoms with Crippen molar-refractivity contribution in [3.8, 4) is 11.5 Å². The van der Waals surface area contributed by atoms with E-state index in [0.29, 0.717) is 19.1 Å². The molecule has 5 heteroatoms. The largest absolute Gasteiger partial charge is 0.454 e. The van der Waals surface area contributed by atoms with Crippen molar-refractivity contribution in [2.75, 3.05) is 20.0 Å². The summed E-state index contributed by atoms with van der Waals surface area (Å²) < 4.78 is 16.4. The first-order valence-corrected chi connectivity index (χ1v) is 5.63. The van der Waals surface area contributed by atoms with E-state index in [1.165, 1.54) is 0 Å². The van der Waals surface area contributed by atoms with E-state index >= 15 is 0 Å². The van der Waals surface area contributed by atoms with Gasteiger partial charge in [0.15, 0.2) is 11.5 Å². The number of rotatable bonds is 1. The Labute approximate surface area is 97.9 Å². The van der Waals surface area contributed by atoms with Crippen molar-refractivity contribution in [1.29, 1.82) is 0 Å². The standard InChI is InChI=1S/C12H11NO4/c1-2-9-10(16-6-15-9)3-7(1)12-11-8(4-14-12)5-17-13-11/h1-3,8,12H,4-6H2/t8-,12-/m0/s1. The van der Waals surface area contributed by atoms with Crippen LogP contribution in [-0.4, -0.2) is 25.7 Å². The van der Waals surface area contributed by atoms with E-state index in [-0.39, 0.29) is 12.9 Å². The molecule has 1 aromatic rings. The van der Waals surface area contributed by atoms with E-state index < -0.39 is 0 Å². The summed E-state index contributed by atoms with van der Waals surface area (Å²) in [6.07, 6.45) is -0.1000. The smallest absolute Gasteiger partial charge is 0.231 e. The minimum absolute atomic E-state index is 0.1000. The highest BCUT2D eigenvalue weighted by Gasteiger charge is 2.39. The first-order chi connectivity index (χ1) is 8.42. The quantitative estimate of drug-likeness (QED) is 0.737. The number of hydrogen-bond donors (Lipinski definition) is 0. The number of oxime groups is 1. The van der Waals surface area contributed by atoms with E-state index in [2.05, 4.69) is 5.16 Å². The molecule has 0 saturated carbocycles. The molecule has 1 aromatic carbocycles. The second kappa shape index (κ2) is 3.37. The molecule has 88 valence electrons. The minimum Gasteiger partial charge on any atom is -0.454 e. The van der Waals surface area contributed by atoms with Crippen LogP contribution in [0.1, 0.15) is 11.7 Å². The Balaban J connectivity index is 1.71. The lowest BCUT2D eigenvalue weighted by molar-refractivity contribution is 0.0791. The third-order valence-corrected chi connectivity index (χ3v) is 3.30. The lowest BCUT2D eigenvalue weighted by atomic mass is 9.99. The molecule has 3 heterocycles. The van der Waals surface area contributed by atoms with Gasteiger partial charge in [-0.25, -0.2) is 0 Å². The molecule has 0 unspecified atom stereocenters. The van der Waals surface area contributed by atoms with E-state index in [9.17, 15) is 0 Å². The summed E-state index contributed by atoms with van der Waals surface area (Å²) in [7, 11) is 0. The van der Waals surface area contributed by atoms with Gasteiger partial charge in [0, 0.05) is 0 Å². The normalized spacial score (nSPS) is 28.8. The molecular weight excluding hydrogens is 222 g/mol. The topological polar surface area (TPSA) is 49.3 Å². The summed E-state index contributed by atoms with van der Waals surface area (Å²) >= 11 is 0. The molecule has 0 bridgehead atoms. The number of nitrogens with zero attached hydrogens (tertiary/aromatic N) is 1. The highest BCUT2D eigenvalue weighted by Crippen LogP contribution is 2.39. The zero-order valence-electron chi connectivity index (χ0n) is 9.09. The van der Waals surface area contributed by atoms with Crippen LogP contribution in [0, 0.1) is 5.92 Å². The van der Waals surface area contributed by atoms with Gasteiger partial charge in [-0.05, 0) is 17.7 Å². The molecule has 5 nitrogen and oxygen atoms in total. The predicted molar refractivity (Wildman–Crippen MR) is 58.1 cm³/mol. The zero-order valence-corrected chi connectivity index (χ0v) is 9.09. The molecule has 2 atom stereocenters. The van der Waals surface area contributed by atoms with Gasteiger partial charge in [-0.3, -0.25) is 0 Å². The molecule has 0 amide bonds. The third-order valence-electron chi connectivity index (χ3n) is 3.30. The fourth-order valence-corrected chi connectivity index (χ4v) is 2.40. The average Bonchev–Trinajstić information content (AvgIpc) is 3.03. The van der Waals surface area contributed by atoms with Gasteiger partial charge in [0.2, 0.25) is 6.79 Å². The van der Waals surface area contributed by atoms with E-state index in [1.807, 2.05) is 18.2 Å². The minimum atomic E-state index is -0.1000.